The Balaban J connectivity index is 0.000000531. The van der Waals surface area contributed by atoms with Crippen molar-refractivity contribution in [2.45, 2.75) is 50.4 Å². The molecule has 4 aromatic rings. The molecule has 2 aromatic heterocycles. The van der Waals surface area contributed by atoms with Gasteiger partial charge in [-0.05, 0) is 69.0 Å². The van der Waals surface area contributed by atoms with Crippen molar-refractivity contribution in [3.05, 3.63) is 66.5 Å². The molecule has 1 saturated carbocycles. The molecule has 0 radical (unpaired) electrons. The lowest BCUT2D eigenvalue weighted by molar-refractivity contribution is -0.109. The van der Waals surface area contributed by atoms with Crippen LogP contribution in [0.5, 0.6) is 5.75 Å². The first-order valence-corrected chi connectivity index (χ1v) is 14.1. The van der Waals surface area contributed by atoms with E-state index < -0.39 is 0 Å². The Morgan fingerprint density at radius 3 is 2.49 bits per heavy atom. The van der Waals surface area contributed by atoms with Crippen molar-refractivity contribution in [1.29, 1.82) is 5.26 Å². The minimum atomic E-state index is 0.280. The molecule has 1 fully saturated rings. The van der Waals surface area contributed by atoms with E-state index in [0.717, 1.165) is 62.9 Å². The van der Waals surface area contributed by atoms with Crippen molar-refractivity contribution < 1.29 is 9.53 Å². The van der Waals surface area contributed by atoms with E-state index in [-0.39, 0.29) is 6.04 Å². The summed E-state index contributed by atoms with van der Waals surface area (Å²) in [6.07, 6.45) is 7.68. The van der Waals surface area contributed by atoms with Crippen molar-refractivity contribution in [1.82, 2.24) is 19.9 Å². The third kappa shape index (κ3) is 6.89. The number of ether oxygens (including phenoxy) is 1. The van der Waals surface area contributed by atoms with Gasteiger partial charge in [-0.1, -0.05) is 23.9 Å². The maximum absolute atomic E-state index is 10.1. The minimum Gasteiger partial charge on any atom is -0.493 e. The number of benzene rings is 2. The van der Waals surface area contributed by atoms with E-state index in [1.807, 2.05) is 39.1 Å². The summed E-state index contributed by atoms with van der Waals surface area (Å²) < 4.78 is 8.43. The molecular weight excluding hydrogens is 508 g/mol. The summed E-state index contributed by atoms with van der Waals surface area (Å²) in [5.41, 5.74) is 4.93. The van der Waals surface area contributed by atoms with Crippen LogP contribution in [-0.4, -0.2) is 46.4 Å². The van der Waals surface area contributed by atoms with E-state index in [9.17, 15) is 10.1 Å². The summed E-state index contributed by atoms with van der Waals surface area (Å²) in [4.78, 5) is 18.0. The number of carbonyl (C=O) groups excluding carboxylic acids is 1. The molecule has 2 heterocycles. The third-order valence-corrected chi connectivity index (χ3v) is 7.34. The van der Waals surface area contributed by atoms with Crippen LogP contribution in [0.4, 0.5) is 5.69 Å². The van der Waals surface area contributed by atoms with Crippen LogP contribution >= 0.6 is 11.8 Å². The first kappa shape index (κ1) is 28.0. The molecule has 2 aromatic carbocycles. The van der Waals surface area contributed by atoms with Gasteiger partial charge in [0.2, 0.25) is 6.41 Å². The average Bonchev–Trinajstić information content (AvgIpc) is 3.24. The average molecular weight is 543 g/mol. The van der Waals surface area contributed by atoms with Crippen LogP contribution in [0.2, 0.25) is 0 Å². The molecule has 1 aliphatic rings. The smallest absolute Gasteiger partial charge is 0.207 e. The molecule has 39 heavy (non-hydrogen) atoms. The lowest BCUT2D eigenvalue weighted by atomic mass is 9.92. The number of nitriles is 1. The van der Waals surface area contributed by atoms with E-state index in [2.05, 4.69) is 61.6 Å². The van der Waals surface area contributed by atoms with Gasteiger partial charge in [0.25, 0.3) is 0 Å². The highest BCUT2D eigenvalue weighted by Gasteiger charge is 2.28. The van der Waals surface area contributed by atoms with Gasteiger partial charge in [0.1, 0.15) is 11.8 Å². The van der Waals surface area contributed by atoms with Crippen LogP contribution in [0.1, 0.15) is 44.7 Å². The number of hydrogen-bond donors (Lipinski definition) is 2. The Morgan fingerprint density at radius 2 is 1.92 bits per heavy atom. The lowest BCUT2D eigenvalue weighted by Gasteiger charge is -2.30. The summed E-state index contributed by atoms with van der Waals surface area (Å²) in [5.74, 6) is 1.58. The standard InChI is InChI=1S/C26H25N5OS.C4H9NO/c1-28-19-8-6-18(7-9-19)25-23(17-27)22-11-10-21(16-24(22)31(25)20-4-2-5-20)32-14-15-33-26-29-12-3-13-30-26;1-4(2)5-3-6/h3,6-13,16,20,28H,2,4-5,14-15H2,1H3;3-4H,1-2H3,(H,5,6). The van der Waals surface area contributed by atoms with Gasteiger partial charge in [0, 0.05) is 54.4 Å². The zero-order chi connectivity index (χ0) is 27.6. The van der Waals surface area contributed by atoms with Gasteiger partial charge in [-0.2, -0.15) is 5.26 Å². The molecule has 1 aliphatic carbocycles. The number of rotatable bonds is 10. The molecule has 0 bridgehead atoms. The van der Waals surface area contributed by atoms with E-state index >= 15 is 0 Å². The molecule has 5 rings (SSSR count). The summed E-state index contributed by atoms with van der Waals surface area (Å²) in [7, 11) is 1.91. The highest BCUT2D eigenvalue weighted by atomic mass is 32.2. The maximum Gasteiger partial charge on any atom is 0.207 e. The number of hydrogen-bond acceptors (Lipinski definition) is 7. The monoisotopic (exact) mass is 542 g/mol. The van der Waals surface area contributed by atoms with Gasteiger partial charge in [-0.3, -0.25) is 4.79 Å². The fraction of sp³-hybridized carbons (Fsp3) is 0.333. The second kappa shape index (κ2) is 13.7. The van der Waals surface area contributed by atoms with Crippen LogP contribution in [0.3, 0.4) is 0 Å². The van der Waals surface area contributed by atoms with Crippen LogP contribution < -0.4 is 15.4 Å². The second-order valence-electron chi connectivity index (χ2n) is 9.46. The lowest BCUT2D eigenvalue weighted by Crippen LogP contribution is -2.19. The zero-order valence-corrected chi connectivity index (χ0v) is 23.4. The molecular formula is C30H34N6O2S. The van der Waals surface area contributed by atoms with Crippen LogP contribution in [0, 0.1) is 11.3 Å². The van der Waals surface area contributed by atoms with Crippen molar-refractivity contribution >= 4 is 34.8 Å². The number of thioether (sulfide) groups is 1. The molecule has 0 aliphatic heterocycles. The molecule has 202 valence electrons. The van der Waals surface area contributed by atoms with Crippen molar-refractivity contribution in [3.63, 3.8) is 0 Å². The number of amides is 1. The number of anilines is 1. The number of nitrogens with one attached hydrogen (secondary N) is 2. The molecule has 0 atom stereocenters. The Kier molecular flexibility index (Phi) is 9.81. The Hall–Kier alpha value is -4.03. The van der Waals surface area contributed by atoms with Gasteiger partial charge in [0.15, 0.2) is 5.16 Å². The molecule has 8 nitrogen and oxygen atoms in total. The molecule has 2 N–H and O–H groups in total. The SMILES string of the molecule is CC(C)NC=O.CNc1ccc(-c2c(C#N)c3ccc(OCCSc4ncccn4)cc3n2C2CCC2)cc1. The first-order valence-electron chi connectivity index (χ1n) is 13.1. The predicted molar refractivity (Wildman–Crippen MR) is 157 cm³/mol. The highest BCUT2D eigenvalue weighted by molar-refractivity contribution is 7.99. The van der Waals surface area contributed by atoms with Gasteiger partial charge in [-0.25, -0.2) is 9.97 Å². The summed E-state index contributed by atoms with van der Waals surface area (Å²) >= 11 is 1.57. The van der Waals surface area contributed by atoms with Crippen LogP contribution in [0.15, 0.2) is 66.1 Å². The first-order chi connectivity index (χ1) is 19.0. The minimum absolute atomic E-state index is 0.280. The topological polar surface area (TPSA) is 105 Å². The number of aromatic nitrogens is 3. The van der Waals surface area contributed by atoms with Gasteiger partial charge < -0.3 is 19.9 Å². The summed E-state index contributed by atoms with van der Waals surface area (Å²) in [6.45, 7) is 4.38. The fourth-order valence-corrected chi connectivity index (χ4v) is 5.00. The Bertz CT molecular complexity index is 1410. The van der Waals surface area contributed by atoms with E-state index in [4.69, 9.17) is 4.74 Å². The fourth-order valence-electron chi connectivity index (χ4n) is 4.38. The van der Waals surface area contributed by atoms with Crippen LogP contribution in [0.25, 0.3) is 22.2 Å². The highest BCUT2D eigenvalue weighted by Crippen LogP contribution is 2.43. The van der Waals surface area contributed by atoms with Crippen molar-refractivity contribution in [2.24, 2.45) is 0 Å². The number of fused-ring (bicyclic) bond motifs is 1. The number of nitrogens with zero attached hydrogens (tertiary/aromatic N) is 4. The Labute approximate surface area is 233 Å². The van der Waals surface area contributed by atoms with Gasteiger partial charge >= 0.3 is 0 Å². The summed E-state index contributed by atoms with van der Waals surface area (Å²) in [5, 5.41) is 17.5. The van der Waals surface area contributed by atoms with Crippen LogP contribution in [-0.2, 0) is 4.79 Å². The van der Waals surface area contributed by atoms with E-state index in [1.54, 1.807) is 24.2 Å². The van der Waals surface area contributed by atoms with E-state index in [1.165, 1.54) is 6.42 Å². The predicted octanol–water partition coefficient (Wildman–Crippen LogP) is 6.05. The molecule has 0 spiro atoms. The quantitative estimate of drug-likeness (QED) is 0.109. The van der Waals surface area contributed by atoms with Crippen molar-refractivity contribution in [2.75, 3.05) is 24.7 Å². The molecule has 0 unspecified atom stereocenters. The third-order valence-electron chi connectivity index (χ3n) is 6.50. The molecule has 1 amide bonds. The second-order valence-corrected chi connectivity index (χ2v) is 10.5. The zero-order valence-electron chi connectivity index (χ0n) is 22.6. The molecule has 9 heteroatoms. The Morgan fingerprint density at radius 1 is 1.18 bits per heavy atom. The van der Waals surface area contributed by atoms with Gasteiger partial charge in [-0.15, -0.1) is 0 Å². The van der Waals surface area contributed by atoms with E-state index in [0.29, 0.717) is 19.1 Å². The number of carbonyl (C=O) groups is 1. The molecule has 0 saturated heterocycles. The van der Waals surface area contributed by atoms with Gasteiger partial charge in [0.05, 0.1) is 23.4 Å². The normalized spacial score (nSPS) is 12.7. The van der Waals surface area contributed by atoms with Crippen molar-refractivity contribution in [3.8, 4) is 23.1 Å². The summed E-state index contributed by atoms with van der Waals surface area (Å²) in [6, 6.07) is 19.4. The largest absolute Gasteiger partial charge is 0.493 e. The maximum atomic E-state index is 10.1.